The molecule has 0 aliphatic carbocycles. The summed E-state index contributed by atoms with van der Waals surface area (Å²) in [6.45, 7) is -0.763. The van der Waals surface area contributed by atoms with Gasteiger partial charge in [0.2, 0.25) is 0 Å². The fourth-order valence-electron chi connectivity index (χ4n) is 2.71. The van der Waals surface area contributed by atoms with Gasteiger partial charge in [-0.3, -0.25) is 43.9 Å². The summed E-state index contributed by atoms with van der Waals surface area (Å²) in [6, 6.07) is 16.1. The Hall–Kier alpha value is -4.03. The summed E-state index contributed by atoms with van der Waals surface area (Å²) in [5, 5.41) is 32.4. The van der Waals surface area contributed by atoms with Crippen molar-refractivity contribution < 1.29 is 32.9 Å². The van der Waals surface area contributed by atoms with E-state index in [1.165, 1.54) is 72.8 Å². The molecule has 14 heteroatoms. The summed E-state index contributed by atoms with van der Waals surface area (Å²) in [7, 11) is -4.21. The first kappa shape index (κ1) is 25.6. The van der Waals surface area contributed by atoms with Crippen LogP contribution in [-0.4, -0.2) is 14.8 Å². The fourth-order valence-corrected chi connectivity index (χ4v) is 3.86. The average Bonchev–Trinajstić information content (AvgIpc) is 2.86. The minimum Gasteiger partial charge on any atom is -0.282 e. The van der Waals surface area contributed by atoms with E-state index < -0.39 is 22.6 Å². The molecule has 182 valence electrons. The van der Waals surface area contributed by atoms with Gasteiger partial charge in [0.1, 0.15) is 0 Å². The van der Waals surface area contributed by atoms with Gasteiger partial charge >= 0.3 is 7.82 Å². The van der Waals surface area contributed by atoms with Crippen LogP contribution in [0.4, 0.5) is 17.1 Å². The quantitative estimate of drug-likeness (QED) is 0.175. The monoisotopic (exact) mass is 503 g/mol. The topological polar surface area (TPSA) is 174 Å². The van der Waals surface area contributed by atoms with Gasteiger partial charge in [-0.05, 0) is 53.1 Å². The lowest BCUT2D eigenvalue weighted by atomic mass is 10.2. The molecule has 0 aromatic heterocycles. The van der Waals surface area contributed by atoms with Gasteiger partial charge in [-0.15, -0.1) is 0 Å². The minimum absolute atomic E-state index is 0.124. The lowest BCUT2D eigenvalue weighted by molar-refractivity contribution is -0.385. The lowest BCUT2D eigenvalue weighted by Crippen LogP contribution is -2.02. The Morgan fingerprint density at radius 2 is 0.743 bits per heavy atom. The van der Waals surface area contributed by atoms with E-state index in [0.29, 0.717) is 16.7 Å². The third-order valence-electron chi connectivity index (χ3n) is 4.61. The predicted octanol–water partition coefficient (Wildman–Crippen LogP) is 5.47. The Morgan fingerprint density at radius 1 is 0.514 bits per heavy atom. The van der Waals surface area contributed by atoms with Crippen molar-refractivity contribution in [2.24, 2.45) is 0 Å². The summed E-state index contributed by atoms with van der Waals surface area (Å²) in [6.07, 6.45) is 0. The van der Waals surface area contributed by atoms with Crippen LogP contribution in [0.5, 0.6) is 0 Å². The molecule has 0 saturated heterocycles. The first-order valence-corrected chi connectivity index (χ1v) is 11.3. The number of nitrogens with zero attached hydrogens (tertiary/aromatic N) is 3. The maximum atomic E-state index is 13.3. The van der Waals surface area contributed by atoms with E-state index in [4.69, 9.17) is 13.6 Å². The van der Waals surface area contributed by atoms with Crippen LogP contribution < -0.4 is 0 Å². The van der Waals surface area contributed by atoms with Gasteiger partial charge in [0.25, 0.3) is 17.1 Å². The van der Waals surface area contributed by atoms with E-state index in [1.807, 2.05) is 0 Å². The second-order valence-electron chi connectivity index (χ2n) is 7.04. The van der Waals surface area contributed by atoms with Crippen molar-refractivity contribution in [2.75, 3.05) is 0 Å². The Labute approximate surface area is 197 Å². The number of nitro benzene ring substituents is 3. The van der Waals surface area contributed by atoms with Crippen molar-refractivity contribution >= 4 is 24.9 Å². The van der Waals surface area contributed by atoms with Gasteiger partial charge in [-0.2, -0.15) is 0 Å². The molecule has 35 heavy (non-hydrogen) atoms. The van der Waals surface area contributed by atoms with Gasteiger partial charge < -0.3 is 0 Å². The zero-order chi connectivity index (χ0) is 25.4. The first-order valence-electron chi connectivity index (χ1n) is 9.89. The molecule has 13 nitrogen and oxygen atoms in total. The van der Waals surface area contributed by atoms with Crippen molar-refractivity contribution in [3.63, 3.8) is 0 Å². The maximum absolute atomic E-state index is 13.3. The zero-order valence-corrected chi connectivity index (χ0v) is 18.8. The van der Waals surface area contributed by atoms with Crippen molar-refractivity contribution in [1.82, 2.24) is 0 Å². The third kappa shape index (κ3) is 7.48. The summed E-state index contributed by atoms with van der Waals surface area (Å²) in [5.74, 6) is 0. The van der Waals surface area contributed by atoms with Crippen LogP contribution >= 0.6 is 7.82 Å². The molecule has 0 unspecified atom stereocenters. The van der Waals surface area contributed by atoms with Crippen LogP contribution in [0, 0.1) is 30.3 Å². The number of phosphoric acid groups is 1. The number of hydrogen-bond donors (Lipinski definition) is 0. The molecule has 3 rings (SSSR count). The molecule has 0 atom stereocenters. The van der Waals surface area contributed by atoms with E-state index in [2.05, 4.69) is 0 Å². The molecule has 0 heterocycles. The van der Waals surface area contributed by atoms with Crippen molar-refractivity contribution in [3.8, 4) is 0 Å². The van der Waals surface area contributed by atoms with Crippen molar-refractivity contribution in [3.05, 3.63) is 120 Å². The molecule has 0 radical (unpaired) electrons. The molecule has 0 saturated carbocycles. The predicted molar refractivity (Wildman–Crippen MR) is 121 cm³/mol. The second kappa shape index (κ2) is 11.4. The standard InChI is InChI=1S/C21H18N3O10P/c25-22(26)19-7-1-16(2-8-19)13-32-35(31,33-14-17-3-9-20(10-4-17)23(27)28)34-15-18-5-11-21(12-6-18)24(29)30/h1-12H,13-15H2. The zero-order valence-electron chi connectivity index (χ0n) is 17.9. The molecule has 0 bridgehead atoms. The molecule has 3 aromatic rings. The number of rotatable bonds is 12. The molecular formula is C21H18N3O10P. The lowest BCUT2D eigenvalue weighted by Gasteiger charge is -2.18. The highest BCUT2D eigenvalue weighted by Crippen LogP contribution is 2.51. The highest BCUT2D eigenvalue weighted by Gasteiger charge is 2.27. The molecule has 0 aliphatic rings. The van der Waals surface area contributed by atoms with Gasteiger partial charge in [0.05, 0.1) is 34.6 Å². The highest BCUT2D eigenvalue weighted by atomic mass is 31.2. The summed E-state index contributed by atoms with van der Waals surface area (Å²) >= 11 is 0. The van der Waals surface area contributed by atoms with E-state index in [1.54, 1.807) is 0 Å². The molecule has 3 aromatic carbocycles. The van der Waals surface area contributed by atoms with E-state index >= 15 is 0 Å². The Kier molecular flexibility index (Phi) is 8.34. The van der Waals surface area contributed by atoms with Gasteiger partial charge in [0.15, 0.2) is 0 Å². The average molecular weight is 503 g/mol. The fraction of sp³-hybridized carbons (Fsp3) is 0.143. The number of hydrogen-bond acceptors (Lipinski definition) is 10. The van der Waals surface area contributed by atoms with E-state index in [0.717, 1.165) is 0 Å². The third-order valence-corrected chi connectivity index (χ3v) is 5.95. The SMILES string of the molecule is O=[N+]([O-])c1ccc(COP(=O)(OCc2ccc([N+](=O)[O-])cc2)OCc2ccc([N+](=O)[O-])cc2)cc1. The maximum Gasteiger partial charge on any atom is 0.475 e. The van der Waals surface area contributed by atoms with Gasteiger partial charge in [-0.25, -0.2) is 4.57 Å². The second-order valence-corrected chi connectivity index (χ2v) is 8.71. The molecule has 0 fully saturated rings. The summed E-state index contributed by atoms with van der Waals surface area (Å²) in [4.78, 5) is 30.7. The van der Waals surface area contributed by atoms with Crippen LogP contribution in [0.2, 0.25) is 0 Å². The van der Waals surface area contributed by atoms with Gasteiger partial charge in [-0.1, -0.05) is 0 Å². The van der Waals surface area contributed by atoms with Crippen LogP contribution in [0.1, 0.15) is 16.7 Å². The number of phosphoric ester groups is 1. The largest absolute Gasteiger partial charge is 0.475 e. The molecular weight excluding hydrogens is 485 g/mol. The number of non-ortho nitro benzene ring substituents is 3. The van der Waals surface area contributed by atoms with Crippen LogP contribution in [0.3, 0.4) is 0 Å². The van der Waals surface area contributed by atoms with E-state index in [-0.39, 0.29) is 36.9 Å². The van der Waals surface area contributed by atoms with Crippen LogP contribution in [0.25, 0.3) is 0 Å². The Balaban J connectivity index is 1.70. The van der Waals surface area contributed by atoms with Gasteiger partial charge in [0, 0.05) is 36.4 Å². The van der Waals surface area contributed by atoms with Crippen LogP contribution in [-0.2, 0) is 38.0 Å². The Morgan fingerprint density at radius 3 is 0.943 bits per heavy atom. The molecule has 0 N–H and O–H groups in total. The van der Waals surface area contributed by atoms with Crippen LogP contribution in [0.15, 0.2) is 72.8 Å². The smallest absolute Gasteiger partial charge is 0.282 e. The normalized spacial score (nSPS) is 11.2. The number of nitro groups is 3. The highest BCUT2D eigenvalue weighted by molar-refractivity contribution is 7.48. The summed E-state index contributed by atoms with van der Waals surface area (Å²) < 4.78 is 29.5. The molecule has 0 spiro atoms. The number of benzene rings is 3. The van der Waals surface area contributed by atoms with Crippen molar-refractivity contribution in [1.29, 1.82) is 0 Å². The first-order chi connectivity index (χ1) is 16.6. The molecule has 0 amide bonds. The summed E-state index contributed by atoms with van der Waals surface area (Å²) in [5.41, 5.74) is 1.03. The molecule has 0 aliphatic heterocycles. The van der Waals surface area contributed by atoms with E-state index in [9.17, 15) is 34.9 Å². The Bertz CT molecular complexity index is 1090. The minimum atomic E-state index is -4.21. The van der Waals surface area contributed by atoms with Crippen molar-refractivity contribution in [2.45, 2.75) is 19.8 Å².